The first kappa shape index (κ1) is 23.9. The Morgan fingerprint density at radius 3 is 2.90 bits per heavy atom. The standard InChI is InChI=1S/C20H26ClN3O5S/c1-3-17(23-30(26,27)19-14-16(21)7-8-18(19)28-2)15-22-9-4-6-20(25)24-10-5-12-29-13-11-24/h3-4,7-9,14-15,23H,5-6,10-13H2,1-2H3/b9-4+,17-3+,22-15-. The molecule has 0 saturated carbocycles. The van der Waals surface area contributed by atoms with Crippen LogP contribution in [0.15, 0.2) is 52.1 Å². The fraction of sp³-hybridized carbons (Fsp3) is 0.400. The third-order valence-electron chi connectivity index (χ3n) is 4.25. The van der Waals surface area contributed by atoms with Crippen LogP contribution in [0.2, 0.25) is 5.02 Å². The maximum absolute atomic E-state index is 12.7. The van der Waals surface area contributed by atoms with Crippen LogP contribution < -0.4 is 9.46 Å². The average Bonchev–Trinajstić information content (AvgIpc) is 3.02. The number of carbonyl (C=O) groups is 1. The summed E-state index contributed by atoms with van der Waals surface area (Å²) in [7, 11) is -2.55. The Bertz CT molecular complexity index is 920. The van der Waals surface area contributed by atoms with Gasteiger partial charge in [0.2, 0.25) is 5.91 Å². The van der Waals surface area contributed by atoms with E-state index in [1.54, 1.807) is 30.0 Å². The van der Waals surface area contributed by atoms with Gasteiger partial charge in [-0.3, -0.25) is 14.5 Å². The molecule has 0 aliphatic carbocycles. The van der Waals surface area contributed by atoms with Crippen LogP contribution >= 0.6 is 11.6 Å². The monoisotopic (exact) mass is 455 g/mol. The number of hydrogen-bond acceptors (Lipinski definition) is 6. The molecule has 1 aromatic rings. The number of hydrogen-bond donors (Lipinski definition) is 1. The van der Waals surface area contributed by atoms with E-state index in [1.807, 2.05) is 0 Å². The number of sulfonamides is 1. The molecule has 0 unspecified atom stereocenters. The van der Waals surface area contributed by atoms with Crippen LogP contribution in [0.1, 0.15) is 19.8 Å². The highest BCUT2D eigenvalue weighted by atomic mass is 35.5. The summed E-state index contributed by atoms with van der Waals surface area (Å²) in [5.41, 5.74) is 0.262. The van der Waals surface area contributed by atoms with Crippen LogP contribution in [0.5, 0.6) is 5.75 Å². The van der Waals surface area contributed by atoms with Crippen LogP contribution in [0.4, 0.5) is 0 Å². The van der Waals surface area contributed by atoms with Crippen molar-refractivity contribution in [1.82, 2.24) is 9.62 Å². The van der Waals surface area contributed by atoms with E-state index in [0.717, 1.165) is 6.42 Å². The Morgan fingerprint density at radius 1 is 1.37 bits per heavy atom. The average molecular weight is 456 g/mol. The number of carbonyl (C=O) groups excluding carboxylic acids is 1. The molecule has 1 heterocycles. The van der Waals surface area contributed by atoms with Gasteiger partial charge < -0.3 is 14.4 Å². The molecule has 1 aliphatic heterocycles. The third-order valence-corrected chi connectivity index (χ3v) is 5.89. The molecule has 0 bridgehead atoms. The smallest absolute Gasteiger partial charge is 0.265 e. The number of amides is 1. The minimum Gasteiger partial charge on any atom is -0.495 e. The first-order valence-electron chi connectivity index (χ1n) is 9.43. The van der Waals surface area contributed by atoms with Crippen molar-refractivity contribution >= 4 is 33.7 Å². The van der Waals surface area contributed by atoms with Crippen LogP contribution in [0.25, 0.3) is 0 Å². The summed E-state index contributed by atoms with van der Waals surface area (Å²) in [6.45, 7) is 4.18. The quantitative estimate of drug-likeness (QED) is 0.608. The topological polar surface area (TPSA) is 97.3 Å². The van der Waals surface area contributed by atoms with Gasteiger partial charge in [0.25, 0.3) is 10.0 Å². The minimum absolute atomic E-state index is 0.00645. The Balaban J connectivity index is 1.96. The van der Waals surface area contributed by atoms with E-state index in [4.69, 9.17) is 21.1 Å². The van der Waals surface area contributed by atoms with Gasteiger partial charge in [-0.25, -0.2) is 8.42 Å². The number of nitrogens with zero attached hydrogens (tertiary/aromatic N) is 2. The summed E-state index contributed by atoms with van der Waals surface area (Å²) >= 11 is 5.92. The van der Waals surface area contributed by atoms with E-state index in [1.165, 1.54) is 31.7 Å². The van der Waals surface area contributed by atoms with Gasteiger partial charge in [-0.2, -0.15) is 0 Å². The van der Waals surface area contributed by atoms with Gasteiger partial charge in [-0.1, -0.05) is 23.8 Å². The van der Waals surface area contributed by atoms with Crippen molar-refractivity contribution in [2.45, 2.75) is 24.7 Å². The van der Waals surface area contributed by atoms with Crippen molar-refractivity contribution in [3.05, 3.63) is 47.3 Å². The van der Waals surface area contributed by atoms with E-state index < -0.39 is 10.0 Å². The fourth-order valence-electron chi connectivity index (χ4n) is 2.69. The first-order valence-corrected chi connectivity index (χ1v) is 11.3. The number of halogens is 1. The summed E-state index contributed by atoms with van der Waals surface area (Å²) < 4.78 is 38.3. The summed E-state index contributed by atoms with van der Waals surface area (Å²) in [5, 5.41) is 0.274. The molecule has 0 aromatic heterocycles. The van der Waals surface area contributed by atoms with Crippen molar-refractivity contribution < 1.29 is 22.7 Å². The summed E-state index contributed by atoms with van der Waals surface area (Å²) in [6, 6.07) is 4.34. The second-order valence-electron chi connectivity index (χ2n) is 6.36. The van der Waals surface area contributed by atoms with Crippen molar-refractivity contribution in [1.29, 1.82) is 0 Å². The lowest BCUT2D eigenvalue weighted by atomic mass is 10.3. The molecule has 10 heteroatoms. The zero-order valence-corrected chi connectivity index (χ0v) is 18.6. The predicted octanol–water partition coefficient (Wildman–Crippen LogP) is 2.75. The summed E-state index contributed by atoms with van der Waals surface area (Å²) in [4.78, 5) is 17.9. The maximum atomic E-state index is 12.7. The fourth-order valence-corrected chi connectivity index (χ4v) is 4.22. The molecule has 1 N–H and O–H groups in total. The lowest BCUT2D eigenvalue weighted by Gasteiger charge is -2.18. The molecule has 0 atom stereocenters. The normalized spacial score (nSPS) is 16.1. The van der Waals surface area contributed by atoms with Gasteiger partial charge in [0.1, 0.15) is 10.6 Å². The van der Waals surface area contributed by atoms with Gasteiger partial charge in [-0.05, 0) is 31.5 Å². The molecule has 1 fully saturated rings. The van der Waals surface area contributed by atoms with Crippen LogP contribution in [0, 0.1) is 0 Å². The molecule has 0 radical (unpaired) electrons. The number of benzene rings is 1. The number of aliphatic imine (C=N–C) groups is 1. The van der Waals surface area contributed by atoms with Gasteiger partial charge in [0.05, 0.1) is 25.6 Å². The first-order chi connectivity index (χ1) is 14.4. The van der Waals surface area contributed by atoms with Gasteiger partial charge in [0, 0.05) is 37.3 Å². The number of methoxy groups -OCH3 is 1. The lowest BCUT2D eigenvalue weighted by molar-refractivity contribution is -0.130. The van der Waals surface area contributed by atoms with E-state index >= 15 is 0 Å². The summed E-state index contributed by atoms with van der Waals surface area (Å²) in [6.07, 6.45) is 7.06. The molecule has 0 spiro atoms. The molecule has 2 rings (SSSR count). The predicted molar refractivity (Wildman–Crippen MR) is 116 cm³/mol. The molecule has 164 valence electrons. The van der Waals surface area contributed by atoms with Crippen molar-refractivity contribution in [3.8, 4) is 5.75 Å². The van der Waals surface area contributed by atoms with Crippen molar-refractivity contribution in [2.75, 3.05) is 33.4 Å². The van der Waals surface area contributed by atoms with Crippen LogP contribution in [-0.2, 0) is 19.6 Å². The zero-order valence-electron chi connectivity index (χ0n) is 17.0. The highest BCUT2D eigenvalue weighted by Gasteiger charge is 2.20. The van der Waals surface area contributed by atoms with Crippen LogP contribution in [-0.4, -0.2) is 58.9 Å². The van der Waals surface area contributed by atoms with Crippen molar-refractivity contribution in [3.63, 3.8) is 0 Å². The van der Waals surface area contributed by atoms with Gasteiger partial charge >= 0.3 is 0 Å². The third kappa shape index (κ3) is 7.16. The number of ether oxygens (including phenoxy) is 2. The van der Waals surface area contributed by atoms with Gasteiger partial charge in [-0.15, -0.1) is 0 Å². The Hall–Kier alpha value is -2.36. The molecular weight excluding hydrogens is 430 g/mol. The maximum Gasteiger partial charge on any atom is 0.265 e. The second kappa shape index (κ2) is 11.7. The highest BCUT2D eigenvalue weighted by Crippen LogP contribution is 2.27. The van der Waals surface area contributed by atoms with Crippen LogP contribution in [0.3, 0.4) is 0 Å². The van der Waals surface area contributed by atoms with E-state index in [9.17, 15) is 13.2 Å². The number of allylic oxidation sites excluding steroid dienone is 2. The Morgan fingerprint density at radius 2 is 2.17 bits per heavy atom. The number of nitrogens with one attached hydrogen (secondary N) is 1. The zero-order chi connectivity index (χ0) is 22.0. The highest BCUT2D eigenvalue weighted by molar-refractivity contribution is 7.89. The SMILES string of the molecule is C\C=C(/C=N\C=C\CC(=O)N1CCCOCC1)NS(=O)(=O)c1cc(Cl)ccc1OC. The Labute approximate surface area is 182 Å². The van der Waals surface area contributed by atoms with Gasteiger partial charge in [0.15, 0.2) is 0 Å². The molecule has 1 amide bonds. The van der Waals surface area contributed by atoms with E-state index in [0.29, 0.717) is 26.3 Å². The second-order valence-corrected chi connectivity index (χ2v) is 8.45. The summed E-state index contributed by atoms with van der Waals surface area (Å²) in [5.74, 6) is 0.184. The molecule has 8 nitrogen and oxygen atoms in total. The molecule has 30 heavy (non-hydrogen) atoms. The van der Waals surface area contributed by atoms with Crippen molar-refractivity contribution in [2.24, 2.45) is 4.99 Å². The molecule has 1 aromatic carbocycles. The lowest BCUT2D eigenvalue weighted by Crippen LogP contribution is -2.32. The largest absolute Gasteiger partial charge is 0.495 e. The molecule has 1 saturated heterocycles. The minimum atomic E-state index is -3.93. The molecule has 1 aliphatic rings. The van der Waals surface area contributed by atoms with E-state index in [-0.39, 0.29) is 33.7 Å². The number of rotatable bonds is 8. The Kier molecular flexibility index (Phi) is 9.35. The van der Waals surface area contributed by atoms with E-state index in [2.05, 4.69) is 9.71 Å². The molecular formula is C20H26ClN3O5S.